The lowest BCUT2D eigenvalue weighted by Crippen LogP contribution is -2.58. The molecule has 4 atom stereocenters. The van der Waals surface area contributed by atoms with Crippen molar-refractivity contribution >= 4 is 23.7 Å². The predicted molar refractivity (Wildman–Crippen MR) is 166 cm³/mol. The van der Waals surface area contributed by atoms with Crippen molar-refractivity contribution in [3.05, 3.63) is 120 Å². The van der Waals surface area contributed by atoms with E-state index in [0.29, 0.717) is 16.8 Å². The number of aromatic hydroxyl groups is 1. The molecule has 0 aliphatic rings. The molecule has 1 heterocycles. The van der Waals surface area contributed by atoms with Crippen LogP contribution < -0.4 is 21.7 Å². The van der Waals surface area contributed by atoms with Crippen LogP contribution in [0.4, 0.5) is 0 Å². The Labute approximate surface area is 260 Å². The summed E-state index contributed by atoms with van der Waals surface area (Å²) >= 11 is 0. The Morgan fingerprint density at radius 2 is 1.13 bits per heavy atom. The van der Waals surface area contributed by atoms with Crippen molar-refractivity contribution in [3.8, 4) is 5.75 Å². The van der Waals surface area contributed by atoms with Crippen LogP contribution >= 0.6 is 0 Å². The number of amides is 3. The minimum Gasteiger partial charge on any atom is -0.508 e. The summed E-state index contributed by atoms with van der Waals surface area (Å²) in [5.74, 6) is -3.17. The van der Waals surface area contributed by atoms with Crippen LogP contribution in [-0.2, 0) is 44.9 Å². The normalized spacial score (nSPS) is 13.5. The van der Waals surface area contributed by atoms with Crippen molar-refractivity contribution in [2.75, 3.05) is 0 Å². The molecule has 0 aliphatic carbocycles. The van der Waals surface area contributed by atoms with E-state index in [0.717, 1.165) is 5.56 Å². The number of aliphatic carboxylic acids is 1. The fraction of sp³-hybridized carbons (Fsp3) is 0.242. The molecule has 0 spiro atoms. The van der Waals surface area contributed by atoms with Crippen LogP contribution in [0.25, 0.3) is 0 Å². The number of imidazole rings is 1. The molecule has 4 aromatic rings. The summed E-state index contributed by atoms with van der Waals surface area (Å²) in [6.07, 6.45) is 3.31. The fourth-order valence-corrected chi connectivity index (χ4v) is 4.74. The number of carboxylic acid groups (broad SMARTS) is 1. The number of nitrogens with one attached hydrogen (secondary N) is 4. The third-order valence-corrected chi connectivity index (χ3v) is 7.15. The minimum atomic E-state index is -1.26. The molecule has 45 heavy (non-hydrogen) atoms. The lowest BCUT2D eigenvalue weighted by atomic mass is 10.0. The molecule has 12 heteroatoms. The van der Waals surface area contributed by atoms with Gasteiger partial charge >= 0.3 is 5.97 Å². The molecule has 0 saturated carbocycles. The Bertz CT molecular complexity index is 1550. The first kappa shape index (κ1) is 32.4. The molecule has 4 unspecified atom stereocenters. The van der Waals surface area contributed by atoms with Crippen molar-refractivity contribution in [1.29, 1.82) is 0 Å². The van der Waals surface area contributed by atoms with Gasteiger partial charge in [0, 0.05) is 37.6 Å². The SMILES string of the molecule is NC(Cc1cnc[nH]1)C(=O)NC(Cc1ccccc1)C(=O)NC(Cc1ccc(O)cc1)C(=O)NC(Cc1ccccc1)C(=O)O. The summed E-state index contributed by atoms with van der Waals surface area (Å²) in [4.78, 5) is 59.4. The highest BCUT2D eigenvalue weighted by molar-refractivity contribution is 5.94. The maximum absolute atomic E-state index is 13.8. The zero-order valence-corrected chi connectivity index (χ0v) is 24.4. The van der Waals surface area contributed by atoms with E-state index in [1.54, 1.807) is 72.9 Å². The Morgan fingerprint density at radius 3 is 1.62 bits per heavy atom. The van der Waals surface area contributed by atoms with E-state index in [4.69, 9.17) is 5.73 Å². The molecule has 0 radical (unpaired) electrons. The van der Waals surface area contributed by atoms with Crippen LogP contribution in [0.1, 0.15) is 22.4 Å². The van der Waals surface area contributed by atoms with Crippen molar-refractivity contribution < 1.29 is 29.4 Å². The number of hydrogen-bond acceptors (Lipinski definition) is 7. The van der Waals surface area contributed by atoms with E-state index in [1.807, 2.05) is 6.07 Å². The number of hydrogen-bond donors (Lipinski definition) is 7. The third-order valence-electron chi connectivity index (χ3n) is 7.15. The van der Waals surface area contributed by atoms with E-state index in [9.17, 15) is 29.4 Å². The number of rotatable bonds is 15. The van der Waals surface area contributed by atoms with Gasteiger partial charge in [0.05, 0.1) is 12.4 Å². The van der Waals surface area contributed by atoms with Crippen molar-refractivity contribution in [2.24, 2.45) is 5.73 Å². The van der Waals surface area contributed by atoms with Crippen LogP contribution in [0.15, 0.2) is 97.5 Å². The smallest absolute Gasteiger partial charge is 0.326 e. The molecular formula is C33H36N6O6. The number of phenolic OH excluding ortho intramolecular Hbond substituents is 1. The second-order valence-electron chi connectivity index (χ2n) is 10.7. The Morgan fingerprint density at radius 1 is 0.667 bits per heavy atom. The molecule has 0 saturated heterocycles. The minimum absolute atomic E-state index is 0.0130. The Kier molecular flexibility index (Phi) is 11.4. The van der Waals surface area contributed by atoms with Gasteiger partial charge in [-0.05, 0) is 28.8 Å². The van der Waals surface area contributed by atoms with Crippen LogP contribution in [0.3, 0.4) is 0 Å². The number of phenols is 1. The first-order chi connectivity index (χ1) is 21.7. The maximum atomic E-state index is 13.8. The average molecular weight is 613 g/mol. The van der Waals surface area contributed by atoms with Crippen LogP contribution in [-0.4, -0.2) is 68.0 Å². The van der Waals surface area contributed by atoms with E-state index >= 15 is 0 Å². The first-order valence-electron chi connectivity index (χ1n) is 14.4. The number of aromatic nitrogens is 2. The largest absolute Gasteiger partial charge is 0.508 e. The van der Waals surface area contributed by atoms with Gasteiger partial charge in [0.15, 0.2) is 0 Å². The highest BCUT2D eigenvalue weighted by atomic mass is 16.4. The quantitative estimate of drug-likeness (QED) is 0.104. The zero-order valence-electron chi connectivity index (χ0n) is 24.4. The zero-order chi connectivity index (χ0) is 32.2. The van der Waals surface area contributed by atoms with E-state index in [1.165, 1.54) is 18.5 Å². The predicted octanol–water partition coefficient (Wildman–Crippen LogP) is 1.25. The summed E-state index contributed by atoms with van der Waals surface area (Å²) < 4.78 is 0. The van der Waals surface area contributed by atoms with Gasteiger partial charge in [-0.1, -0.05) is 72.8 Å². The molecule has 3 amide bonds. The number of nitrogens with two attached hydrogens (primary N) is 1. The molecule has 12 nitrogen and oxygen atoms in total. The van der Waals surface area contributed by atoms with Crippen LogP contribution in [0.2, 0.25) is 0 Å². The van der Waals surface area contributed by atoms with Crippen LogP contribution in [0, 0.1) is 0 Å². The molecule has 0 fully saturated rings. The standard InChI is InChI=1S/C33H36N6O6/c34-26(18-24-19-35-20-36-24)30(41)37-27(15-21-7-3-1-4-8-21)31(42)38-28(16-23-11-13-25(40)14-12-23)32(43)39-29(33(44)45)17-22-9-5-2-6-10-22/h1-14,19-20,26-29,40H,15-18,34H2,(H,35,36)(H,37,41)(H,38,42)(H,39,43)(H,44,45). The second kappa shape index (κ2) is 15.8. The number of nitrogens with zero attached hydrogens (tertiary/aromatic N) is 1. The van der Waals surface area contributed by atoms with Crippen molar-refractivity contribution in [2.45, 2.75) is 49.9 Å². The van der Waals surface area contributed by atoms with Crippen LogP contribution in [0.5, 0.6) is 5.75 Å². The number of carboxylic acids is 1. The highest BCUT2D eigenvalue weighted by Crippen LogP contribution is 2.13. The number of aromatic amines is 1. The monoisotopic (exact) mass is 612 g/mol. The summed E-state index contributed by atoms with van der Waals surface area (Å²) in [5, 5.41) is 27.6. The van der Waals surface area contributed by atoms with Gasteiger partial charge < -0.3 is 36.9 Å². The highest BCUT2D eigenvalue weighted by Gasteiger charge is 2.31. The van der Waals surface area contributed by atoms with E-state index < -0.39 is 47.9 Å². The summed E-state index contributed by atoms with van der Waals surface area (Å²) in [5.41, 5.74) is 8.85. The fourth-order valence-electron chi connectivity index (χ4n) is 4.74. The summed E-state index contributed by atoms with van der Waals surface area (Å²) in [6.45, 7) is 0. The maximum Gasteiger partial charge on any atom is 0.326 e. The average Bonchev–Trinajstić information content (AvgIpc) is 3.55. The second-order valence-corrected chi connectivity index (χ2v) is 10.7. The molecule has 234 valence electrons. The third kappa shape index (κ3) is 10.0. The molecule has 0 bridgehead atoms. The molecule has 8 N–H and O–H groups in total. The lowest BCUT2D eigenvalue weighted by Gasteiger charge is -2.25. The van der Waals surface area contributed by atoms with Crippen molar-refractivity contribution in [1.82, 2.24) is 25.9 Å². The molecule has 4 rings (SSSR count). The molecule has 1 aromatic heterocycles. The van der Waals surface area contributed by atoms with Gasteiger partial charge in [-0.2, -0.15) is 0 Å². The first-order valence-corrected chi connectivity index (χ1v) is 14.4. The molecule has 0 aliphatic heterocycles. The molecule has 3 aromatic carbocycles. The van der Waals surface area contributed by atoms with Gasteiger partial charge in [-0.25, -0.2) is 9.78 Å². The topological polar surface area (TPSA) is 200 Å². The van der Waals surface area contributed by atoms with Gasteiger partial charge in [-0.15, -0.1) is 0 Å². The van der Waals surface area contributed by atoms with Crippen molar-refractivity contribution in [3.63, 3.8) is 0 Å². The van der Waals surface area contributed by atoms with Gasteiger partial charge in [-0.3, -0.25) is 14.4 Å². The van der Waals surface area contributed by atoms with Gasteiger partial charge in [0.2, 0.25) is 17.7 Å². The Hall–Kier alpha value is -5.49. The number of carbonyl (C=O) groups is 4. The number of H-pyrrole nitrogens is 1. The Balaban J connectivity index is 1.55. The molecular weight excluding hydrogens is 576 g/mol. The van der Waals surface area contributed by atoms with Gasteiger partial charge in [0.25, 0.3) is 0 Å². The summed E-state index contributed by atoms with van der Waals surface area (Å²) in [6, 6.07) is 19.4. The number of carbonyl (C=O) groups excluding carboxylic acids is 3. The van der Waals surface area contributed by atoms with E-state index in [2.05, 4.69) is 25.9 Å². The van der Waals surface area contributed by atoms with E-state index in [-0.39, 0.29) is 31.4 Å². The summed E-state index contributed by atoms with van der Waals surface area (Å²) in [7, 11) is 0. The number of benzene rings is 3. The lowest BCUT2D eigenvalue weighted by molar-refractivity contribution is -0.142. The van der Waals surface area contributed by atoms with Gasteiger partial charge in [0.1, 0.15) is 23.9 Å².